The number of para-hydroxylation sites is 1. The number of hydrogen-bond acceptors (Lipinski definition) is 2. The van der Waals surface area contributed by atoms with Gasteiger partial charge in [-0.1, -0.05) is 31.0 Å². The van der Waals surface area contributed by atoms with Crippen LogP contribution < -0.4 is 4.74 Å². The smallest absolute Gasteiger partial charge is 0.314 e. The van der Waals surface area contributed by atoms with Gasteiger partial charge < -0.3 is 4.74 Å². The molecular weight excluding hydrogens is 212 g/mol. The molecule has 2 rings (SSSR count). The number of rotatable bonds is 2. The molecule has 3 heteroatoms. The molecule has 1 aromatic rings. The zero-order valence-electron chi connectivity index (χ0n) is 8.52. The average molecular weight is 227 g/mol. The molecule has 0 amide bonds. The van der Waals surface area contributed by atoms with Crippen molar-refractivity contribution in [3.63, 3.8) is 0 Å². The van der Waals surface area contributed by atoms with Gasteiger partial charge in [-0.3, -0.25) is 4.79 Å². The molecule has 82 valence electrons. The lowest BCUT2D eigenvalue weighted by Gasteiger charge is -2.08. The van der Waals surface area contributed by atoms with Crippen LogP contribution in [-0.4, -0.2) is 5.97 Å². The van der Waals surface area contributed by atoms with Crippen molar-refractivity contribution in [2.24, 2.45) is 5.92 Å². The monoisotopic (exact) mass is 226 g/mol. The Hall–Kier alpha value is -1.02. The van der Waals surface area contributed by atoms with Gasteiger partial charge in [0.05, 0.1) is 5.92 Å². The number of halogens is 1. The second kappa shape index (κ2) is 5.76. The summed E-state index contributed by atoms with van der Waals surface area (Å²) in [7, 11) is 0. The highest BCUT2D eigenvalue weighted by Crippen LogP contribution is 2.26. The number of esters is 1. The van der Waals surface area contributed by atoms with Gasteiger partial charge in [0.25, 0.3) is 0 Å². The fourth-order valence-corrected chi connectivity index (χ4v) is 1.85. The normalized spacial score (nSPS) is 15.7. The van der Waals surface area contributed by atoms with E-state index in [1.165, 1.54) is 0 Å². The van der Waals surface area contributed by atoms with Crippen LogP contribution in [0.5, 0.6) is 5.75 Å². The van der Waals surface area contributed by atoms with E-state index in [0.29, 0.717) is 5.75 Å². The Kier molecular flexibility index (Phi) is 4.63. The van der Waals surface area contributed by atoms with E-state index >= 15 is 0 Å². The second-order valence-electron chi connectivity index (χ2n) is 3.72. The largest absolute Gasteiger partial charge is 0.426 e. The third kappa shape index (κ3) is 3.24. The van der Waals surface area contributed by atoms with Crippen molar-refractivity contribution >= 4 is 18.4 Å². The molecule has 1 aromatic carbocycles. The van der Waals surface area contributed by atoms with Crippen LogP contribution in [-0.2, 0) is 4.79 Å². The first-order valence-corrected chi connectivity index (χ1v) is 5.13. The number of carbonyl (C=O) groups is 1. The quantitative estimate of drug-likeness (QED) is 0.572. The molecule has 1 aliphatic rings. The zero-order valence-corrected chi connectivity index (χ0v) is 9.33. The molecule has 15 heavy (non-hydrogen) atoms. The highest BCUT2D eigenvalue weighted by Gasteiger charge is 2.24. The van der Waals surface area contributed by atoms with Crippen LogP contribution in [0, 0.1) is 5.92 Å². The maximum atomic E-state index is 11.6. The van der Waals surface area contributed by atoms with Gasteiger partial charge in [-0.25, -0.2) is 0 Å². The predicted octanol–water partition coefficient (Wildman–Crippen LogP) is 3.20. The fourth-order valence-electron chi connectivity index (χ4n) is 1.85. The second-order valence-corrected chi connectivity index (χ2v) is 3.72. The van der Waals surface area contributed by atoms with Crippen LogP contribution in [0.1, 0.15) is 25.7 Å². The minimum absolute atomic E-state index is 0. The molecule has 0 heterocycles. The molecule has 0 spiro atoms. The van der Waals surface area contributed by atoms with E-state index in [-0.39, 0.29) is 24.3 Å². The van der Waals surface area contributed by atoms with E-state index in [0.717, 1.165) is 25.7 Å². The van der Waals surface area contributed by atoms with Gasteiger partial charge in [0.15, 0.2) is 0 Å². The summed E-state index contributed by atoms with van der Waals surface area (Å²) in [6.45, 7) is 0. The fraction of sp³-hybridized carbons (Fsp3) is 0.417. The van der Waals surface area contributed by atoms with Crippen LogP contribution in [0.15, 0.2) is 30.3 Å². The van der Waals surface area contributed by atoms with Gasteiger partial charge in [-0.15, -0.1) is 12.4 Å². The first-order valence-electron chi connectivity index (χ1n) is 5.13. The molecular formula is C12H15ClO2. The zero-order chi connectivity index (χ0) is 9.80. The third-order valence-corrected chi connectivity index (χ3v) is 2.65. The summed E-state index contributed by atoms with van der Waals surface area (Å²) in [5, 5.41) is 0. The summed E-state index contributed by atoms with van der Waals surface area (Å²) < 4.78 is 5.26. The summed E-state index contributed by atoms with van der Waals surface area (Å²) in [6.07, 6.45) is 4.31. The van der Waals surface area contributed by atoms with Crippen LogP contribution in [0.3, 0.4) is 0 Å². The van der Waals surface area contributed by atoms with E-state index in [4.69, 9.17) is 4.74 Å². The lowest BCUT2D eigenvalue weighted by Crippen LogP contribution is -2.17. The number of hydrogen-bond donors (Lipinski definition) is 0. The topological polar surface area (TPSA) is 26.3 Å². The van der Waals surface area contributed by atoms with Crippen LogP contribution in [0.25, 0.3) is 0 Å². The van der Waals surface area contributed by atoms with Gasteiger partial charge in [-0.2, -0.15) is 0 Å². The van der Waals surface area contributed by atoms with Crippen molar-refractivity contribution < 1.29 is 9.53 Å². The van der Waals surface area contributed by atoms with Gasteiger partial charge in [0, 0.05) is 0 Å². The molecule has 0 bridgehead atoms. The molecule has 0 unspecified atom stereocenters. The SMILES string of the molecule is Cl.O=C(Oc1ccccc1)C1CCCC1. The Morgan fingerprint density at radius 1 is 1.13 bits per heavy atom. The lowest BCUT2D eigenvalue weighted by molar-refractivity contribution is -0.138. The van der Waals surface area contributed by atoms with E-state index < -0.39 is 0 Å². The molecule has 0 atom stereocenters. The first-order chi connectivity index (χ1) is 6.86. The average Bonchev–Trinajstić information content (AvgIpc) is 2.72. The minimum Gasteiger partial charge on any atom is -0.426 e. The highest BCUT2D eigenvalue weighted by molar-refractivity contribution is 5.85. The van der Waals surface area contributed by atoms with E-state index in [1.807, 2.05) is 30.3 Å². The Morgan fingerprint density at radius 3 is 2.33 bits per heavy atom. The highest BCUT2D eigenvalue weighted by atomic mass is 35.5. The molecule has 0 saturated heterocycles. The Bertz CT molecular complexity index is 305. The predicted molar refractivity (Wildman–Crippen MR) is 61.3 cm³/mol. The maximum absolute atomic E-state index is 11.6. The van der Waals surface area contributed by atoms with Crippen molar-refractivity contribution in [1.29, 1.82) is 0 Å². The van der Waals surface area contributed by atoms with Crippen LogP contribution >= 0.6 is 12.4 Å². The molecule has 2 nitrogen and oxygen atoms in total. The van der Waals surface area contributed by atoms with Crippen molar-refractivity contribution in [3.05, 3.63) is 30.3 Å². The van der Waals surface area contributed by atoms with Gasteiger partial charge in [0.1, 0.15) is 5.75 Å². The van der Waals surface area contributed by atoms with Gasteiger partial charge in [-0.05, 0) is 25.0 Å². The molecule has 0 radical (unpaired) electrons. The van der Waals surface area contributed by atoms with Gasteiger partial charge >= 0.3 is 5.97 Å². The third-order valence-electron chi connectivity index (χ3n) is 2.65. The summed E-state index contributed by atoms with van der Waals surface area (Å²) >= 11 is 0. The molecule has 1 aliphatic carbocycles. The molecule has 1 fully saturated rings. The number of benzene rings is 1. The van der Waals surface area contributed by atoms with E-state index in [9.17, 15) is 4.79 Å². The van der Waals surface area contributed by atoms with Crippen LogP contribution in [0.4, 0.5) is 0 Å². The Balaban J connectivity index is 0.00000112. The minimum atomic E-state index is -0.0614. The summed E-state index contributed by atoms with van der Waals surface area (Å²) in [4.78, 5) is 11.6. The molecule has 0 aromatic heterocycles. The summed E-state index contributed by atoms with van der Waals surface area (Å²) in [6, 6.07) is 9.28. The van der Waals surface area contributed by atoms with Crippen LogP contribution in [0.2, 0.25) is 0 Å². The van der Waals surface area contributed by atoms with Gasteiger partial charge in [0.2, 0.25) is 0 Å². The van der Waals surface area contributed by atoms with Crippen molar-refractivity contribution in [3.8, 4) is 5.75 Å². The van der Waals surface area contributed by atoms with Crippen molar-refractivity contribution in [1.82, 2.24) is 0 Å². The number of carbonyl (C=O) groups excluding carboxylic acids is 1. The molecule has 0 N–H and O–H groups in total. The molecule has 1 saturated carbocycles. The Labute approximate surface area is 96.0 Å². The van der Waals surface area contributed by atoms with Crippen molar-refractivity contribution in [2.75, 3.05) is 0 Å². The molecule has 0 aliphatic heterocycles. The Morgan fingerprint density at radius 2 is 1.73 bits per heavy atom. The number of ether oxygens (including phenoxy) is 1. The van der Waals surface area contributed by atoms with E-state index in [2.05, 4.69) is 0 Å². The maximum Gasteiger partial charge on any atom is 0.314 e. The lowest BCUT2D eigenvalue weighted by atomic mass is 10.1. The van der Waals surface area contributed by atoms with Crippen molar-refractivity contribution in [2.45, 2.75) is 25.7 Å². The van der Waals surface area contributed by atoms with E-state index in [1.54, 1.807) is 0 Å². The first kappa shape index (κ1) is 12.1. The standard InChI is InChI=1S/C12H14O2.ClH/c13-12(10-6-4-5-7-10)14-11-8-2-1-3-9-11;/h1-3,8-10H,4-7H2;1H. The summed E-state index contributed by atoms with van der Waals surface area (Å²) in [5.74, 6) is 0.730. The summed E-state index contributed by atoms with van der Waals surface area (Å²) in [5.41, 5.74) is 0.